The molecule has 0 aromatic carbocycles. The molecule has 0 fully saturated rings. The lowest BCUT2D eigenvalue weighted by molar-refractivity contribution is -0.114. The van der Waals surface area contributed by atoms with Crippen LogP contribution >= 0.6 is 0 Å². The molecule has 0 heterocycles. The summed E-state index contributed by atoms with van der Waals surface area (Å²) in [5.74, 6) is -0.605. The topological polar surface area (TPSA) is 66.9 Å². The Morgan fingerprint density at radius 1 is 1.88 bits per heavy atom. The maximum Gasteiger partial charge on any atom is 0.245 e. The fourth-order valence-corrected chi connectivity index (χ4v) is 0.183. The van der Waals surface area contributed by atoms with E-state index in [0.717, 1.165) is 0 Å². The Balaban J connectivity index is 3.71. The monoisotopic (exact) mass is 110 g/mol. The lowest BCUT2D eigenvalue weighted by Gasteiger charge is -1.87. The van der Waals surface area contributed by atoms with Gasteiger partial charge in [0.1, 0.15) is 0 Å². The minimum atomic E-state index is -0.605. The minimum absolute atomic E-state index is 0.0231. The van der Waals surface area contributed by atoms with Crippen LogP contribution in [-0.2, 0) is 4.79 Å². The Morgan fingerprint density at radius 3 is 2.50 bits per heavy atom. The van der Waals surface area contributed by atoms with Crippen molar-refractivity contribution in [1.82, 2.24) is 0 Å². The van der Waals surface area contributed by atoms with E-state index >= 15 is 0 Å². The average Bonchev–Trinajstić information content (AvgIpc) is 1.67. The molecule has 42 valence electrons. The zero-order chi connectivity index (χ0) is 6.57. The predicted octanol–water partition coefficient (Wildman–Crippen LogP) is -0.0584. The zero-order valence-corrected chi connectivity index (χ0v) is 4.35. The van der Waals surface area contributed by atoms with E-state index in [1.165, 1.54) is 0 Å². The highest BCUT2D eigenvalue weighted by Crippen LogP contribution is 1.91. The standard InChI is InChI=1S/C5H6N2O/c1-4(2-3-6)5(7)8/h1-2H2,(H2,7,8). The van der Waals surface area contributed by atoms with Gasteiger partial charge in [0.2, 0.25) is 5.91 Å². The van der Waals surface area contributed by atoms with Crippen LogP contribution in [0.15, 0.2) is 12.2 Å². The number of hydrogen-bond acceptors (Lipinski definition) is 2. The van der Waals surface area contributed by atoms with Gasteiger partial charge in [-0.05, 0) is 0 Å². The van der Waals surface area contributed by atoms with Gasteiger partial charge in [0.15, 0.2) is 0 Å². The summed E-state index contributed by atoms with van der Waals surface area (Å²) >= 11 is 0. The van der Waals surface area contributed by atoms with Gasteiger partial charge in [-0.25, -0.2) is 0 Å². The molecule has 0 bridgehead atoms. The molecule has 0 atom stereocenters. The quantitative estimate of drug-likeness (QED) is 0.506. The molecular formula is C5H6N2O. The zero-order valence-electron chi connectivity index (χ0n) is 4.35. The average molecular weight is 110 g/mol. The first-order chi connectivity index (χ1) is 3.68. The number of rotatable bonds is 2. The highest BCUT2D eigenvalue weighted by molar-refractivity contribution is 5.91. The smallest absolute Gasteiger partial charge is 0.245 e. The van der Waals surface area contributed by atoms with Crippen molar-refractivity contribution in [3.05, 3.63) is 12.2 Å². The van der Waals surface area contributed by atoms with Crippen LogP contribution in [0.25, 0.3) is 0 Å². The third-order valence-corrected chi connectivity index (χ3v) is 0.641. The van der Waals surface area contributed by atoms with Gasteiger partial charge in [0, 0.05) is 5.57 Å². The van der Waals surface area contributed by atoms with E-state index in [1.807, 2.05) is 0 Å². The lowest BCUT2D eigenvalue weighted by atomic mass is 10.2. The minimum Gasteiger partial charge on any atom is -0.366 e. The van der Waals surface area contributed by atoms with Crippen molar-refractivity contribution in [3.8, 4) is 6.07 Å². The molecule has 0 unspecified atom stereocenters. The van der Waals surface area contributed by atoms with Crippen molar-refractivity contribution in [3.63, 3.8) is 0 Å². The summed E-state index contributed by atoms with van der Waals surface area (Å²) in [5.41, 5.74) is 4.89. The van der Waals surface area contributed by atoms with E-state index in [4.69, 9.17) is 11.0 Å². The van der Waals surface area contributed by atoms with E-state index in [-0.39, 0.29) is 12.0 Å². The summed E-state index contributed by atoms with van der Waals surface area (Å²) in [5, 5.41) is 7.97. The normalized spacial score (nSPS) is 7.38. The number of nitrogens with zero attached hydrogens (tertiary/aromatic N) is 1. The fraction of sp³-hybridized carbons (Fsp3) is 0.200. The summed E-state index contributed by atoms with van der Waals surface area (Å²) in [7, 11) is 0. The Labute approximate surface area is 47.4 Å². The second kappa shape index (κ2) is 2.80. The number of nitrogens with two attached hydrogens (primary N) is 1. The van der Waals surface area contributed by atoms with Crippen molar-refractivity contribution in [2.45, 2.75) is 6.42 Å². The molecule has 8 heavy (non-hydrogen) atoms. The summed E-state index contributed by atoms with van der Waals surface area (Å²) in [4.78, 5) is 10.1. The molecule has 1 amide bonds. The molecule has 0 saturated heterocycles. The first kappa shape index (κ1) is 6.70. The molecule has 0 rings (SSSR count). The Bertz CT molecular complexity index is 154. The van der Waals surface area contributed by atoms with Crippen molar-refractivity contribution in [2.75, 3.05) is 0 Å². The van der Waals surface area contributed by atoms with Gasteiger partial charge in [0.25, 0.3) is 0 Å². The first-order valence-corrected chi connectivity index (χ1v) is 2.03. The lowest BCUT2D eigenvalue weighted by Crippen LogP contribution is -2.12. The summed E-state index contributed by atoms with van der Waals surface area (Å²) in [6, 6.07) is 1.75. The third-order valence-electron chi connectivity index (χ3n) is 0.641. The van der Waals surface area contributed by atoms with Gasteiger partial charge >= 0.3 is 0 Å². The van der Waals surface area contributed by atoms with E-state index in [1.54, 1.807) is 6.07 Å². The van der Waals surface area contributed by atoms with Gasteiger partial charge in [0.05, 0.1) is 12.5 Å². The van der Waals surface area contributed by atoms with Crippen LogP contribution in [0.1, 0.15) is 6.42 Å². The highest BCUT2D eigenvalue weighted by atomic mass is 16.1. The van der Waals surface area contributed by atoms with Gasteiger partial charge < -0.3 is 5.73 Å². The van der Waals surface area contributed by atoms with Crippen LogP contribution in [0.2, 0.25) is 0 Å². The van der Waals surface area contributed by atoms with Crippen LogP contribution < -0.4 is 5.73 Å². The second-order valence-corrected chi connectivity index (χ2v) is 1.30. The maximum absolute atomic E-state index is 10.1. The van der Waals surface area contributed by atoms with E-state index in [9.17, 15) is 4.79 Å². The summed E-state index contributed by atoms with van der Waals surface area (Å²) in [6.07, 6.45) is 0.0231. The summed E-state index contributed by atoms with van der Waals surface area (Å²) < 4.78 is 0. The largest absolute Gasteiger partial charge is 0.366 e. The maximum atomic E-state index is 10.1. The Kier molecular flexibility index (Phi) is 2.35. The van der Waals surface area contributed by atoms with Gasteiger partial charge in [-0.3, -0.25) is 4.79 Å². The van der Waals surface area contributed by atoms with E-state index in [0.29, 0.717) is 0 Å². The molecule has 0 aliphatic heterocycles. The first-order valence-electron chi connectivity index (χ1n) is 2.03. The Morgan fingerprint density at radius 2 is 2.38 bits per heavy atom. The van der Waals surface area contributed by atoms with Crippen LogP contribution in [-0.4, -0.2) is 5.91 Å². The van der Waals surface area contributed by atoms with Crippen LogP contribution in [0.4, 0.5) is 0 Å². The second-order valence-electron chi connectivity index (χ2n) is 1.30. The molecule has 2 N–H and O–H groups in total. The van der Waals surface area contributed by atoms with Gasteiger partial charge in [-0.1, -0.05) is 6.58 Å². The SMILES string of the molecule is C=C(CC#N)C(N)=O. The Hall–Kier alpha value is -1.30. The number of carbonyl (C=O) groups is 1. The molecule has 0 aromatic heterocycles. The molecule has 0 aliphatic rings. The molecule has 0 aliphatic carbocycles. The van der Waals surface area contributed by atoms with Crippen molar-refractivity contribution >= 4 is 5.91 Å². The van der Waals surface area contributed by atoms with Crippen LogP contribution in [0.5, 0.6) is 0 Å². The fourth-order valence-electron chi connectivity index (χ4n) is 0.183. The number of nitriles is 1. The highest BCUT2D eigenvalue weighted by Gasteiger charge is 1.97. The molecule has 0 spiro atoms. The molecule has 0 saturated carbocycles. The molecular weight excluding hydrogens is 104 g/mol. The van der Waals surface area contributed by atoms with Crippen LogP contribution in [0, 0.1) is 11.3 Å². The molecule has 0 aromatic rings. The number of amides is 1. The number of hydrogen-bond donors (Lipinski definition) is 1. The third kappa shape index (κ3) is 1.98. The van der Waals surface area contributed by atoms with Crippen LogP contribution in [0.3, 0.4) is 0 Å². The van der Waals surface area contributed by atoms with Crippen molar-refractivity contribution in [2.24, 2.45) is 5.73 Å². The number of primary amides is 1. The van der Waals surface area contributed by atoms with Crippen molar-refractivity contribution in [1.29, 1.82) is 5.26 Å². The van der Waals surface area contributed by atoms with Crippen molar-refractivity contribution < 1.29 is 4.79 Å². The van der Waals surface area contributed by atoms with E-state index < -0.39 is 5.91 Å². The molecule has 3 heteroatoms. The van der Waals surface area contributed by atoms with Gasteiger partial charge in [-0.2, -0.15) is 5.26 Å². The van der Waals surface area contributed by atoms with E-state index in [2.05, 4.69) is 6.58 Å². The molecule has 0 radical (unpaired) electrons. The number of carbonyl (C=O) groups excluding carboxylic acids is 1. The predicted molar refractivity (Wildman–Crippen MR) is 28.6 cm³/mol. The van der Waals surface area contributed by atoms with Gasteiger partial charge in [-0.15, -0.1) is 0 Å². The molecule has 3 nitrogen and oxygen atoms in total. The summed E-state index contributed by atoms with van der Waals surface area (Å²) in [6.45, 7) is 3.25.